The van der Waals surface area contributed by atoms with Gasteiger partial charge in [-0.25, -0.2) is 14.2 Å². The number of nitrogens with zero attached hydrogens (tertiary/aromatic N) is 1. The number of unbranched alkanes of at least 4 members (excludes halogenated alkanes) is 2. The van der Waals surface area contributed by atoms with Crippen LogP contribution in [0.2, 0.25) is 0 Å². The standard InChI is InChI=1S/C28H30FN3O3.C7H5F3/c1-5-6-7-12-34-27(33)16-8-10-18(11-9-16)35-24-19-15-21-20(25(30)32-26(21)31)13-17(19)14-22(29)23(24)28(2,3)4;8-7(9,10)6-4-2-1-3-5-6/h8-11,13-15H,5-7,12H2,1-4H3,(H3,30,31,32);1-5H. The number of hydrogen-bond acceptors (Lipinski definition) is 5. The molecule has 0 saturated carbocycles. The number of ether oxygens (including phenoxy) is 2. The highest BCUT2D eigenvalue weighted by Gasteiger charge is 2.30. The number of carbonyl (C=O) groups is 1. The van der Waals surface area contributed by atoms with E-state index in [1.54, 1.807) is 42.5 Å². The molecule has 5 rings (SSSR count). The minimum absolute atomic E-state index is 0.0549. The highest BCUT2D eigenvalue weighted by atomic mass is 19.4. The Morgan fingerprint density at radius 2 is 1.60 bits per heavy atom. The monoisotopic (exact) mass is 621 g/mol. The normalized spacial score (nSPS) is 12.7. The molecule has 4 aromatic carbocycles. The fourth-order valence-corrected chi connectivity index (χ4v) is 4.84. The van der Waals surface area contributed by atoms with Crippen LogP contribution >= 0.6 is 0 Å². The van der Waals surface area contributed by atoms with E-state index in [1.165, 1.54) is 18.2 Å². The molecule has 236 valence electrons. The van der Waals surface area contributed by atoms with Crippen LogP contribution < -0.4 is 10.5 Å². The number of hydrogen-bond donors (Lipinski definition) is 2. The number of amidine groups is 2. The number of carbonyl (C=O) groups excluding carboxylic acids is 1. The van der Waals surface area contributed by atoms with Gasteiger partial charge < -0.3 is 15.2 Å². The van der Waals surface area contributed by atoms with Crippen LogP contribution in [0.1, 0.15) is 79.6 Å². The van der Waals surface area contributed by atoms with Gasteiger partial charge in [0.1, 0.15) is 23.2 Å². The third-order valence-corrected chi connectivity index (χ3v) is 7.09. The van der Waals surface area contributed by atoms with E-state index in [0.717, 1.165) is 31.4 Å². The Labute approximate surface area is 259 Å². The van der Waals surface area contributed by atoms with Gasteiger partial charge >= 0.3 is 12.1 Å². The molecule has 45 heavy (non-hydrogen) atoms. The summed E-state index contributed by atoms with van der Waals surface area (Å²) in [6, 6.07) is 18.0. The fraction of sp³-hybridized carbons (Fsp3) is 0.286. The maximum absolute atomic E-state index is 15.4. The molecule has 0 radical (unpaired) electrons. The largest absolute Gasteiger partial charge is 0.462 e. The number of nitrogens with one attached hydrogen (secondary N) is 1. The third kappa shape index (κ3) is 7.87. The lowest BCUT2D eigenvalue weighted by Gasteiger charge is -2.25. The Kier molecular flexibility index (Phi) is 9.95. The molecular weight excluding hydrogens is 586 g/mol. The van der Waals surface area contributed by atoms with Crippen LogP contribution in [-0.4, -0.2) is 24.2 Å². The Hall–Kier alpha value is -4.73. The summed E-state index contributed by atoms with van der Waals surface area (Å²) >= 11 is 0. The zero-order chi connectivity index (χ0) is 32.9. The number of alkyl halides is 3. The summed E-state index contributed by atoms with van der Waals surface area (Å²) in [4.78, 5) is 16.3. The molecule has 0 fully saturated rings. The molecule has 0 aliphatic carbocycles. The summed E-state index contributed by atoms with van der Waals surface area (Å²) in [5, 5.41) is 9.31. The van der Waals surface area contributed by atoms with Gasteiger partial charge in [-0.05, 0) is 59.7 Å². The van der Waals surface area contributed by atoms with E-state index in [4.69, 9.17) is 20.6 Å². The number of aliphatic imine (C=N–C) groups is 1. The molecule has 6 nitrogen and oxygen atoms in total. The SMILES string of the molecule is CCCCCOC(=O)c1ccc(Oc2c(C(C)(C)C)c(F)cc3cc4c(cc23)C(N)=NC4=N)cc1.FC(F)(F)c1ccccc1. The van der Waals surface area contributed by atoms with Gasteiger partial charge in [-0.1, -0.05) is 70.9 Å². The quantitative estimate of drug-likeness (QED) is 0.122. The van der Waals surface area contributed by atoms with E-state index in [0.29, 0.717) is 51.1 Å². The van der Waals surface area contributed by atoms with Gasteiger partial charge in [-0.2, -0.15) is 13.2 Å². The van der Waals surface area contributed by atoms with Crippen molar-refractivity contribution in [3.8, 4) is 11.5 Å². The number of esters is 1. The second-order valence-corrected chi connectivity index (χ2v) is 11.6. The minimum atomic E-state index is -4.21. The summed E-state index contributed by atoms with van der Waals surface area (Å²) in [5.41, 5.74) is 6.91. The molecule has 0 saturated heterocycles. The van der Waals surface area contributed by atoms with Crippen molar-refractivity contribution >= 4 is 28.4 Å². The van der Waals surface area contributed by atoms with E-state index >= 15 is 4.39 Å². The first-order valence-electron chi connectivity index (χ1n) is 14.5. The number of nitrogens with two attached hydrogens (primary N) is 1. The Morgan fingerprint density at radius 3 is 2.18 bits per heavy atom. The van der Waals surface area contributed by atoms with E-state index in [1.807, 2.05) is 20.8 Å². The van der Waals surface area contributed by atoms with Crippen molar-refractivity contribution < 1.29 is 31.8 Å². The molecule has 0 aromatic heterocycles. The van der Waals surface area contributed by atoms with Crippen LogP contribution in [0.25, 0.3) is 10.8 Å². The van der Waals surface area contributed by atoms with Crippen molar-refractivity contribution in [1.29, 1.82) is 5.41 Å². The molecule has 0 amide bonds. The van der Waals surface area contributed by atoms with Crippen molar-refractivity contribution in [2.24, 2.45) is 10.7 Å². The van der Waals surface area contributed by atoms with Crippen molar-refractivity contribution in [2.45, 2.75) is 58.5 Å². The predicted molar refractivity (Wildman–Crippen MR) is 168 cm³/mol. The zero-order valence-corrected chi connectivity index (χ0v) is 25.5. The van der Waals surface area contributed by atoms with E-state index in [-0.39, 0.29) is 17.6 Å². The first-order valence-corrected chi connectivity index (χ1v) is 14.5. The van der Waals surface area contributed by atoms with Crippen LogP contribution in [0.4, 0.5) is 17.6 Å². The molecule has 1 heterocycles. The van der Waals surface area contributed by atoms with Crippen molar-refractivity contribution in [3.63, 3.8) is 0 Å². The number of halogens is 4. The lowest BCUT2D eigenvalue weighted by atomic mass is 9.83. The van der Waals surface area contributed by atoms with Gasteiger partial charge in [0.25, 0.3) is 0 Å². The summed E-state index contributed by atoms with van der Waals surface area (Å²) in [7, 11) is 0. The lowest BCUT2D eigenvalue weighted by Crippen LogP contribution is -2.16. The number of fused-ring (bicyclic) bond motifs is 2. The van der Waals surface area contributed by atoms with Gasteiger partial charge in [-0.3, -0.25) is 5.41 Å². The number of rotatable bonds is 7. The first kappa shape index (κ1) is 33.2. The van der Waals surface area contributed by atoms with Crippen LogP contribution in [0.3, 0.4) is 0 Å². The molecule has 10 heteroatoms. The smallest absolute Gasteiger partial charge is 0.416 e. The Morgan fingerprint density at radius 1 is 0.933 bits per heavy atom. The van der Waals surface area contributed by atoms with Crippen molar-refractivity contribution in [2.75, 3.05) is 6.61 Å². The third-order valence-electron chi connectivity index (χ3n) is 7.09. The lowest BCUT2D eigenvalue weighted by molar-refractivity contribution is -0.137. The van der Waals surface area contributed by atoms with E-state index < -0.39 is 23.0 Å². The van der Waals surface area contributed by atoms with E-state index in [2.05, 4.69) is 11.9 Å². The second kappa shape index (κ2) is 13.5. The molecule has 3 N–H and O–H groups in total. The van der Waals surface area contributed by atoms with Gasteiger partial charge in [0, 0.05) is 22.1 Å². The van der Waals surface area contributed by atoms with Crippen molar-refractivity contribution in [3.05, 3.63) is 106 Å². The van der Waals surface area contributed by atoms with Crippen LogP contribution in [0.5, 0.6) is 11.5 Å². The molecular formula is C35H35F4N3O3. The predicted octanol–water partition coefficient (Wildman–Crippen LogP) is 9.17. The van der Waals surface area contributed by atoms with Crippen LogP contribution in [0.15, 0.2) is 77.8 Å². The van der Waals surface area contributed by atoms with Gasteiger partial charge in [0.2, 0.25) is 0 Å². The zero-order valence-electron chi connectivity index (χ0n) is 25.5. The van der Waals surface area contributed by atoms with Gasteiger partial charge in [-0.15, -0.1) is 0 Å². The highest BCUT2D eigenvalue weighted by Crippen LogP contribution is 2.43. The highest BCUT2D eigenvalue weighted by molar-refractivity contribution is 6.23. The Bertz CT molecular complexity index is 1730. The van der Waals surface area contributed by atoms with Gasteiger partial charge in [0.05, 0.1) is 17.7 Å². The molecule has 0 spiro atoms. The van der Waals surface area contributed by atoms with Crippen LogP contribution in [-0.2, 0) is 16.3 Å². The average Bonchev–Trinajstić information content (AvgIpc) is 3.26. The topological polar surface area (TPSA) is 97.8 Å². The molecule has 0 unspecified atom stereocenters. The maximum atomic E-state index is 15.4. The minimum Gasteiger partial charge on any atom is -0.462 e. The summed E-state index contributed by atoms with van der Waals surface area (Å²) in [6.07, 6.45) is -1.30. The Balaban J connectivity index is 0.000000392. The van der Waals surface area contributed by atoms with Gasteiger partial charge in [0.15, 0.2) is 5.84 Å². The van der Waals surface area contributed by atoms with E-state index in [9.17, 15) is 18.0 Å². The molecule has 1 aliphatic rings. The summed E-state index contributed by atoms with van der Waals surface area (Å²) in [6.45, 7) is 8.24. The molecule has 0 atom stereocenters. The average molecular weight is 622 g/mol. The summed E-state index contributed by atoms with van der Waals surface area (Å²) < 4.78 is 62.4. The fourth-order valence-electron chi connectivity index (χ4n) is 4.84. The second-order valence-electron chi connectivity index (χ2n) is 11.6. The van der Waals surface area contributed by atoms with Crippen LogP contribution in [0, 0.1) is 11.2 Å². The van der Waals surface area contributed by atoms with Crippen molar-refractivity contribution in [1.82, 2.24) is 0 Å². The number of benzene rings is 4. The first-order chi connectivity index (χ1) is 21.2. The molecule has 1 aliphatic heterocycles. The summed E-state index contributed by atoms with van der Waals surface area (Å²) in [5.74, 6) is 0.356. The molecule has 4 aromatic rings. The maximum Gasteiger partial charge on any atom is 0.416 e. The molecule has 0 bridgehead atoms.